The Kier molecular flexibility index (Phi) is 4.17. The fraction of sp³-hybridized carbons (Fsp3) is 0.111. The molecular formula is C18H14ClNO3. The average Bonchev–Trinajstić information content (AvgIpc) is 2.78. The molecule has 4 nitrogen and oxygen atoms in total. The summed E-state index contributed by atoms with van der Waals surface area (Å²) in [5.41, 5.74) is 1.56. The van der Waals surface area contributed by atoms with E-state index in [1.165, 1.54) is 0 Å². The van der Waals surface area contributed by atoms with E-state index >= 15 is 0 Å². The van der Waals surface area contributed by atoms with Gasteiger partial charge in [-0.1, -0.05) is 54.1 Å². The normalized spacial score (nSPS) is 14.7. The van der Waals surface area contributed by atoms with Crippen molar-refractivity contribution < 1.29 is 14.7 Å². The Bertz CT molecular complexity index is 782. The Morgan fingerprint density at radius 3 is 2.22 bits per heavy atom. The predicted octanol–water partition coefficient (Wildman–Crippen LogP) is 3.22. The number of hydrogen-bond donors (Lipinski definition) is 1. The van der Waals surface area contributed by atoms with Gasteiger partial charge < -0.3 is 5.11 Å². The van der Waals surface area contributed by atoms with Gasteiger partial charge in [-0.15, -0.1) is 0 Å². The van der Waals surface area contributed by atoms with E-state index in [1.807, 2.05) is 12.1 Å². The minimum atomic E-state index is -0.650. The number of benzene rings is 2. The van der Waals surface area contributed by atoms with Gasteiger partial charge in [-0.05, 0) is 29.7 Å². The van der Waals surface area contributed by atoms with Gasteiger partial charge >= 0.3 is 0 Å². The van der Waals surface area contributed by atoms with Crippen LogP contribution in [0.1, 0.15) is 11.1 Å². The standard InChI is InChI=1S/C18H14ClNO3/c19-14-8-6-12(7-9-14)10-11-20-17(22)15(16(21)18(20)23)13-4-2-1-3-5-13/h1-9,21H,10-11H2. The largest absolute Gasteiger partial charge is 0.502 e. The van der Waals surface area contributed by atoms with Crippen LogP contribution < -0.4 is 0 Å². The van der Waals surface area contributed by atoms with Gasteiger partial charge in [-0.25, -0.2) is 0 Å². The van der Waals surface area contributed by atoms with Crippen molar-refractivity contribution >= 4 is 29.0 Å². The SMILES string of the molecule is O=C1C(O)=C(c2ccccc2)C(=O)N1CCc1ccc(Cl)cc1. The number of imide groups is 1. The second kappa shape index (κ2) is 6.26. The summed E-state index contributed by atoms with van der Waals surface area (Å²) in [5.74, 6) is -1.60. The van der Waals surface area contributed by atoms with Crippen molar-refractivity contribution in [2.45, 2.75) is 6.42 Å². The smallest absolute Gasteiger partial charge is 0.296 e. The number of hydrogen-bond acceptors (Lipinski definition) is 3. The molecule has 0 radical (unpaired) electrons. The van der Waals surface area contributed by atoms with Crippen molar-refractivity contribution in [3.63, 3.8) is 0 Å². The summed E-state index contributed by atoms with van der Waals surface area (Å²) in [5, 5.41) is 10.7. The van der Waals surface area contributed by atoms with Crippen LogP contribution in [0.25, 0.3) is 5.57 Å². The van der Waals surface area contributed by atoms with Gasteiger partial charge in [0.15, 0.2) is 5.76 Å². The number of rotatable bonds is 4. The first-order chi connectivity index (χ1) is 11.1. The molecule has 0 unspecified atom stereocenters. The average molecular weight is 328 g/mol. The number of aliphatic hydroxyl groups excluding tert-OH is 1. The molecule has 5 heteroatoms. The first-order valence-electron chi connectivity index (χ1n) is 7.17. The molecule has 0 bridgehead atoms. The van der Waals surface area contributed by atoms with E-state index in [0.29, 0.717) is 17.0 Å². The fourth-order valence-electron chi connectivity index (χ4n) is 2.52. The molecule has 1 aliphatic heterocycles. The van der Waals surface area contributed by atoms with Crippen LogP contribution in [0.5, 0.6) is 0 Å². The fourth-order valence-corrected chi connectivity index (χ4v) is 2.65. The van der Waals surface area contributed by atoms with Crippen molar-refractivity contribution in [3.05, 3.63) is 76.5 Å². The first-order valence-corrected chi connectivity index (χ1v) is 7.55. The van der Waals surface area contributed by atoms with Crippen molar-refractivity contribution in [1.29, 1.82) is 0 Å². The molecule has 0 saturated heterocycles. The van der Waals surface area contributed by atoms with E-state index in [1.54, 1.807) is 42.5 Å². The third kappa shape index (κ3) is 2.98. The maximum absolute atomic E-state index is 12.5. The van der Waals surface area contributed by atoms with Crippen molar-refractivity contribution in [2.75, 3.05) is 6.54 Å². The molecule has 0 aromatic heterocycles. The van der Waals surface area contributed by atoms with Crippen LogP contribution in [-0.4, -0.2) is 28.4 Å². The molecule has 0 aliphatic carbocycles. The van der Waals surface area contributed by atoms with Crippen LogP contribution in [0, 0.1) is 0 Å². The van der Waals surface area contributed by atoms with Gasteiger partial charge in [0.1, 0.15) is 0 Å². The maximum Gasteiger partial charge on any atom is 0.296 e. The molecule has 2 aromatic rings. The van der Waals surface area contributed by atoms with Crippen LogP contribution in [0.3, 0.4) is 0 Å². The summed E-state index contributed by atoms with van der Waals surface area (Å²) in [4.78, 5) is 25.7. The van der Waals surface area contributed by atoms with Gasteiger partial charge in [-0.2, -0.15) is 0 Å². The highest BCUT2D eigenvalue weighted by atomic mass is 35.5. The number of amides is 2. The second-order valence-electron chi connectivity index (χ2n) is 5.23. The topological polar surface area (TPSA) is 57.6 Å². The Labute approximate surface area is 138 Å². The van der Waals surface area contributed by atoms with E-state index in [0.717, 1.165) is 10.5 Å². The molecule has 0 spiro atoms. The number of carbonyl (C=O) groups excluding carboxylic acids is 2. The molecule has 0 atom stereocenters. The number of aliphatic hydroxyl groups is 1. The lowest BCUT2D eigenvalue weighted by Crippen LogP contribution is -2.33. The zero-order valence-electron chi connectivity index (χ0n) is 12.2. The van der Waals surface area contributed by atoms with Gasteiger partial charge in [0, 0.05) is 11.6 Å². The lowest BCUT2D eigenvalue weighted by molar-refractivity contribution is -0.138. The van der Waals surface area contributed by atoms with Crippen LogP contribution in [0.2, 0.25) is 5.02 Å². The zero-order chi connectivity index (χ0) is 16.4. The molecule has 3 rings (SSSR count). The van der Waals surface area contributed by atoms with Crippen molar-refractivity contribution in [1.82, 2.24) is 4.90 Å². The molecule has 0 saturated carbocycles. The van der Waals surface area contributed by atoms with Gasteiger partial charge in [-0.3, -0.25) is 14.5 Å². The Balaban J connectivity index is 1.77. The Morgan fingerprint density at radius 1 is 0.913 bits per heavy atom. The van der Waals surface area contributed by atoms with Crippen LogP contribution in [0.4, 0.5) is 0 Å². The summed E-state index contributed by atoms with van der Waals surface area (Å²) in [6.45, 7) is 0.208. The molecule has 2 aromatic carbocycles. The van der Waals surface area contributed by atoms with Gasteiger partial charge in [0.2, 0.25) is 0 Å². The first kappa shape index (κ1) is 15.3. The van der Waals surface area contributed by atoms with Crippen molar-refractivity contribution in [3.8, 4) is 0 Å². The van der Waals surface area contributed by atoms with Crippen LogP contribution in [0.15, 0.2) is 60.4 Å². The van der Waals surface area contributed by atoms with Crippen LogP contribution >= 0.6 is 11.6 Å². The highest BCUT2D eigenvalue weighted by Gasteiger charge is 2.38. The monoisotopic (exact) mass is 327 g/mol. The third-order valence-corrected chi connectivity index (χ3v) is 4.00. The second-order valence-corrected chi connectivity index (χ2v) is 5.66. The van der Waals surface area contributed by atoms with Gasteiger partial charge in [0.25, 0.3) is 11.8 Å². The molecule has 116 valence electrons. The van der Waals surface area contributed by atoms with E-state index in [-0.39, 0.29) is 12.1 Å². The number of nitrogens with zero attached hydrogens (tertiary/aromatic N) is 1. The quantitative estimate of drug-likeness (QED) is 0.877. The minimum absolute atomic E-state index is 0.0618. The summed E-state index contributed by atoms with van der Waals surface area (Å²) in [6.07, 6.45) is 0.504. The minimum Gasteiger partial charge on any atom is -0.502 e. The summed E-state index contributed by atoms with van der Waals surface area (Å²) >= 11 is 5.83. The maximum atomic E-state index is 12.5. The van der Waals surface area contributed by atoms with Crippen molar-refractivity contribution in [2.24, 2.45) is 0 Å². The molecular weight excluding hydrogens is 314 g/mol. The highest BCUT2D eigenvalue weighted by Crippen LogP contribution is 2.27. The number of halogens is 1. The summed E-state index contributed by atoms with van der Waals surface area (Å²) in [7, 11) is 0. The van der Waals surface area contributed by atoms with Crippen LogP contribution in [-0.2, 0) is 16.0 Å². The Morgan fingerprint density at radius 2 is 1.57 bits per heavy atom. The lowest BCUT2D eigenvalue weighted by Gasteiger charge is -2.14. The van der Waals surface area contributed by atoms with E-state index < -0.39 is 17.6 Å². The van der Waals surface area contributed by atoms with E-state index in [4.69, 9.17) is 11.6 Å². The lowest BCUT2D eigenvalue weighted by atomic mass is 10.1. The third-order valence-electron chi connectivity index (χ3n) is 3.74. The van der Waals surface area contributed by atoms with E-state index in [2.05, 4.69) is 0 Å². The van der Waals surface area contributed by atoms with E-state index in [9.17, 15) is 14.7 Å². The molecule has 2 amide bonds. The Hall–Kier alpha value is -2.59. The zero-order valence-corrected chi connectivity index (χ0v) is 13.0. The summed E-state index contributed by atoms with van der Waals surface area (Å²) in [6, 6.07) is 15.9. The van der Waals surface area contributed by atoms with Gasteiger partial charge in [0.05, 0.1) is 5.57 Å². The highest BCUT2D eigenvalue weighted by molar-refractivity contribution is 6.34. The number of carbonyl (C=O) groups is 2. The molecule has 1 N–H and O–H groups in total. The molecule has 23 heavy (non-hydrogen) atoms. The molecule has 1 aliphatic rings. The predicted molar refractivity (Wildman–Crippen MR) is 87.9 cm³/mol. The molecule has 1 heterocycles. The summed E-state index contributed by atoms with van der Waals surface area (Å²) < 4.78 is 0. The molecule has 0 fully saturated rings.